The highest BCUT2D eigenvalue weighted by molar-refractivity contribution is 5.84. The van der Waals surface area contributed by atoms with Crippen molar-refractivity contribution < 1.29 is 14.7 Å². The van der Waals surface area contributed by atoms with Crippen molar-refractivity contribution in [1.82, 2.24) is 14.9 Å². The van der Waals surface area contributed by atoms with Crippen LogP contribution in [0.15, 0.2) is 65.7 Å². The second-order valence-corrected chi connectivity index (χ2v) is 5.44. The molecule has 1 aromatic heterocycles. The van der Waals surface area contributed by atoms with E-state index >= 15 is 0 Å². The number of carboxylic acid groups (broad SMARTS) is 1. The van der Waals surface area contributed by atoms with Crippen LogP contribution < -0.4 is 10.9 Å². The molecule has 3 aromatic rings. The lowest BCUT2D eigenvalue weighted by atomic mass is 10.1. The zero-order valence-electron chi connectivity index (χ0n) is 13.1. The number of para-hydroxylation sites is 1. The first kappa shape index (κ1) is 16.4. The van der Waals surface area contributed by atoms with E-state index in [0.717, 1.165) is 4.57 Å². The van der Waals surface area contributed by atoms with E-state index in [0.29, 0.717) is 16.5 Å². The van der Waals surface area contributed by atoms with E-state index in [1.807, 2.05) is 0 Å². The highest BCUT2D eigenvalue weighted by Gasteiger charge is 2.22. The van der Waals surface area contributed by atoms with Gasteiger partial charge in [-0.25, -0.2) is 9.78 Å². The second kappa shape index (κ2) is 6.96. The van der Waals surface area contributed by atoms with Gasteiger partial charge in [0.25, 0.3) is 5.56 Å². The van der Waals surface area contributed by atoms with Gasteiger partial charge in [0.1, 0.15) is 6.54 Å². The van der Waals surface area contributed by atoms with Crippen molar-refractivity contribution in [3.63, 3.8) is 0 Å². The minimum atomic E-state index is -1.18. The Balaban J connectivity index is 1.81. The quantitative estimate of drug-likeness (QED) is 0.731. The van der Waals surface area contributed by atoms with Crippen LogP contribution in [0.2, 0.25) is 0 Å². The molecule has 0 aliphatic carbocycles. The van der Waals surface area contributed by atoms with Gasteiger partial charge >= 0.3 is 5.97 Å². The molecule has 0 unspecified atom stereocenters. The normalized spacial score (nSPS) is 11.8. The van der Waals surface area contributed by atoms with Crippen molar-refractivity contribution in [2.24, 2.45) is 0 Å². The molecule has 0 aliphatic heterocycles. The lowest BCUT2D eigenvalue weighted by Crippen LogP contribution is -2.37. The number of carboxylic acids is 1. The fourth-order valence-electron chi connectivity index (χ4n) is 2.51. The molecular formula is C18H15N3O4. The van der Waals surface area contributed by atoms with Crippen molar-refractivity contribution >= 4 is 22.8 Å². The number of rotatable bonds is 5. The molecule has 2 aromatic carbocycles. The number of amides is 1. The minimum Gasteiger partial charge on any atom is -0.479 e. The number of hydrogen-bond donors (Lipinski definition) is 2. The molecule has 7 heteroatoms. The van der Waals surface area contributed by atoms with E-state index in [2.05, 4.69) is 10.3 Å². The Kier molecular flexibility index (Phi) is 4.56. The van der Waals surface area contributed by atoms with E-state index in [1.54, 1.807) is 54.6 Å². The molecule has 3 rings (SSSR count). The van der Waals surface area contributed by atoms with Gasteiger partial charge in [0.05, 0.1) is 17.2 Å². The molecule has 0 saturated heterocycles. The Morgan fingerprint density at radius 3 is 2.48 bits per heavy atom. The third-order valence-electron chi connectivity index (χ3n) is 3.73. The number of carbonyl (C=O) groups excluding carboxylic acids is 1. The number of hydrogen-bond acceptors (Lipinski definition) is 4. The van der Waals surface area contributed by atoms with Gasteiger partial charge in [-0.1, -0.05) is 42.5 Å². The third kappa shape index (κ3) is 3.55. The summed E-state index contributed by atoms with van der Waals surface area (Å²) < 4.78 is 1.15. The molecule has 0 bridgehead atoms. The van der Waals surface area contributed by atoms with Gasteiger partial charge in [0, 0.05) is 0 Å². The van der Waals surface area contributed by atoms with Crippen molar-refractivity contribution in [2.45, 2.75) is 12.6 Å². The van der Waals surface area contributed by atoms with E-state index in [4.69, 9.17) is 0 Å². The number of benzene rings is 2. The summed E-state index contributed by atoms with van der Waals surface area (Å²) in [6.45, 7) is -0.312. The zero-order chi connectivity index (χ0) is 17.8. The van der Waals surface area contributed by atoms with Crippen LogP contribution in [-0.4, -0.2) is 26.5 Å². The molecule has 25 heavy (non-hydrogen) atoms. The highest BCUT2D eigenvalue weighted by atomic mass is 16.4. The first-order valence-electron chi connectivity index (χ1n) is 7.57. The molecule has 0 saturated carbocycles. The Morgan fingerprint density at radius 2 is 1.76 bits per heavy atom. The van der Waals surface area contributed by atoms with Crippen LogP contribution in [0.5, 0.6) is 0 Å². The van der Waals surface area contributed by atoms with Gasteiger partial charge in [0.2, 0.25) is 5.91 Å². The molecule has 0 fully saturated rings. The van der Waals surface area contributed by atoms with Crippen molar-refractivity contribution in [3.05, 3.63) is 76.8 Å². The lowest BCUT2D eigenvalue weighted by Gasteiger charge is -2.15. The van der Waals surface area contributed by atoms with Crippen LogP contribution in [0.1, 0.15) is 11.6 Å². The number of carbonyl (C=O) groups is 2. The van der Waals surface area contributed by atoms with E-state index in [1.165, 1.54) is 6.33 Å². The minimum absolute atomic E-state index is 0.312. The molecule has 0 aliphatic rings. The van der Waals surface area contributed by atoms with E-state index in [9.17, 15) is 19.5 Å². The molecule has 1 amide bonds. The Hall–Kier alpha value is -3.48. The summed E-state index contributed by atoms with van der Waals surface area (Å²) in [6, 6.07) is 14.0. The largest absolute Gasteiger partial charge is 0.479 e. The van der Waals surface area contributed by atoms with Crippen LogP contribution in [0.3, 0.4) is 0 Å². The predicted molar refractivity (Wildman–Crippen MR) is 91.0 cm³/mol. The fourth-order valence-corrected chi connectivity index (χ4v) is 2.51. The Bertz CT molecular complexity index is 982. The average Bonchev–Trinajstić information content (AvgIpc) is 2.63. The summed E-state index contributed by atoms with van der Waals surface area (Å²) in [5.74, 6) is -1.76. The molecule has 0 radical (unpaired) electrons. The van der Waals surface area contributed by atoms with Crippen molar-refractivity contribution in [3.8, 4) is 0 Å². The summed E-state index contributed by atoms with van der Waals surface area (Å²) in [5, 5.41) is 12.2. The molecule has 1 heterocycles. The standard InChI is InChI=1S/C18H15N3O4/c22-15(20-16(18(24)25)12-6-2-1-3-7-12)10-21-11-19-14-9-5-4-8-13(14)17(21)23/h1-9,11,16H,10H2,(H,20,22)(H,24,25)/t16-/m1/s1. The molecule has 1 atom stereocenters. The van der Waals surface area contributed by atoms with E-state index < -0.39 is 17.9 Å². The molecule has 7 nitrogen and oxygen atoms in total. The van der Waals surface area contributed by atoms with Gasteiger partial charge in [-0.2, -0.15) is 0 Å². The number of nitrogens with one attached hydrogen (secondary N) is 1. The SMILES string of the molecule is O=C(Cn1cnc2ccccc2c1=O)N[C@@H](C(=O)O)c1ccccc1. The molecule has 126 valence electrons. The third-order valence-corrected chi connectivity index (χ3v) is 3.73. The van der Waals surface area contributed by atoms with Gasteiger partial charge < -0.3 is 10.4 Å². The van der Waals surface area contributed by atoms with Crippen LogP contribution in [0.25, 0.3) is 10.9 Å². The van der Waals surface area contributed by atoms with Gasteiger partial charge in [-0.3, -0.25) is 14.2 Å². The first-order valence-corrected chi connectivity index (χ1v) is 7.57. The molecule has 0 spiro atoms. The van der Waals surface area contributed by atoms with Crippen molar-refractivity contribution in [2.75, 3.05) is 0 Å². The second-order valence-electron chi connectivity index (χ2n) is 5.44. The lowest BCUT2D eigenvalue weighted by molar-refractivity contribution is -0.142. The summed E-state index contributed by atoms with van der Waals surface area (Å²) in [7, 11) is 0. The number of aliphatic carboxylic acids is 1. The number of nitrogens with zero attached hydrogens (tertiary/aromatic N) is 2. The topological polar surface area (TPSA) is 101 Å². The van der Waals surface area contributed by atoms with Crippen LogP contribution in [0.4, 0.5) is 0 Å². The monoisotopic (exact) mass is 337 g/mol. The van der Waals surface area contributed by atoms with Crippen LogP contribution >= 0.6 is 0 Å². The zero-order valence-corrected chi connectivity index (χ0v) is 13.1. The van der Waals surface area contributed by atoms with E-state index in [-0.39, 0.29) is 12.1 Å². The smallest absolute Gasteiger partial charge is 0.330 e. The van der Waals surface area contributed by atoms with Gasteiger partial charge in [-0.15, -0.1) is 0 Å². The summed E-state index contributed by atoms with van der Waals surface area (Å²) in [6.07, 6.45) is 1.28. The molecular weight excluding hydrogens is 322 g/mol. The summed E-state index contributed by atoms with van der Waals surface area (Å²) >= 11 is 0. The maximum absolute atomic E-state index is 12.4. The maximum Gasteiger partial charge on any atom is 0.330 e. The van der Waals surface area contributed by atoms with Gasteiger partial charge in [0.15, 0.2) is 6.04 Å². The first-order chi connectivity index (χ1) is 12.1. The fraction of sp³-hybridized carbons (Fsp3) is 0.111. The van der Waals surface area contributed by atoms with Gasteiger partial charge in [-0.05, 0) is 17.7 Å². The number of fused-ring (bicyclic) bond motifs is 1. The highest BCUT2D eigenvalue weighted by Crippen LogP contribution is 2.12. The van der Waals surface area contributed by atoms with Crippen LogP contribution in [-0.2, 0) is 16.1 Å². The predicted octanol–water partition coefficient (Wildman–Crippen LogP) is 1.34. The average molecular weight is 337 g/mol. The summed E-state index contributed by atoms with van der Waals surface area (Å²) in [4.78, 5) is 40.2. The molecule has 2 N–H and O–H groups in total. The maximum atomic E-state index is 12.4. The summed E-state index contributed by atoms with van der Waals surface area (Å²) in [5.41, 5.74) is 0.636. The van der Waals surface area contributed by atoms with Crippen molar-refractivity contribution in [1.29, 1.82) is 0 Å². The van der Waals surface area contributed by atoms with Crippen LogP contribution in [0, 0.1) is 0 Å². The number of aromatic nitrogens is 2. The Morgan fingerprint density at radius 1 is 1.08 bits per heavy atom. The Labute approximate surface area is 142 Å².